The predicted molar refractivity (Wildman–Crippen MR) is 76.7 cm³/mol. The minimum atomic E-state index is -0.0872. The lowest BCUT2D eigenvalue weighted by Crippen LogP contribution is -2.38. The van der Waals surface area contributed by atoms with Crippen molar-refractivity contribution in [2.45, 2.75) is 59.0 Å². The predicted octanol–water partition coefficient (Wildman–Crippen LogP) is 2.48. The van der Waals surface area contributed by atoms with Crippen molar-refractivity contribution >= 4 is 5.91 Å². The molecule has 4 nitrogen and oxygen atoms in total. The zero-order chi connectivity index (χ0) is 14.5. The summed E-state index contributed by atoms with van der Waals surface area (Å²) in [7, 11) is 0. The molecule has 0 saturated carbocycles. The maximum Gasteiger partial charge on any atom is 0.221 e. The van der Waals surface area contributed by atoms with E-state index < -0.39 is 0 Å². The maximum atomic E-state index is 11.9. The van der Waals surface area contributed by atoms with Gasteiger partial charge >= 0.3 is 0 Å². The van der Waals surface area contributed by atoms with Crippen LogP contribution in [0.4, 0.5) is 0 Å². The molecule has 0 saturated heterocycles. The van der Waals surface area contributed by atoms with Crippen LogP contribution in [0, 0.1) is 5.41 Å². The second kappa shape index (κ2) is 6.75. The topological polar surface area (TPSA) is 68.3 Å². The number of furan rings is 1. The number of nitrogens with one attached hydrogen (secondary N) is 1. The van der Waals surface area contributed by atoms with E-state index in [1.807, 2.05) is 19.1 Å². The molecule has 1 aromatic rings. The molecule has 0 aromatic carbocycles. The SMILES string of the molecule is CC(Cc1ccco1)NC(=O)CC(N)CC(C)(C)C. The lowest BCUT2D eigenvalue weighted by atomic mass is 9.87. The Morgan fingerprint density at radius 2 is 2.16 bits per heavy atom. The van der Waals surface area contributed by atoms with Crippen molar-refractivity contribution in [1.82, 2.24) is 5.32 Å². The molecular weight excluding hydrogens is 240 g/mol. The third kappa shape index (κ3) is 7.01. The van der Waals surface area contributed by atoms with E-state index in [-0.39, 0.29) is 23.4 Å². The Labute approximate surface area is 115 Å². The van der Waals surface area contributed by atoms with Crippen LogP contribution in [0.1, 0.15) is 46.3 Å². The highest BCUT2D eigenvalue weighted by Gasteiger charge is 2.19. The van der Waals surface area contributed by atoms with E-state index in [1.165, 1.54) is 0 Å². The van der Waals surface area contributed by atoms with Gasteiger partial charge in [-0.1, -0.05) is 20.8 Å². The summed E-state index contributed by atoms with van der Waals surface area (Å²) in [6, 6.07) is 3.73. The van der Waals surface area contributed by atoms with Gasteiger partial charge in [0, 0.05) is 24.9 Å². The molecule has 2 atom stereocenters. The number of carbonyl (C=O) groups is 1. The van der Waals surface area contributed by atoms with Gasteiger partial charge in [-0.25, -0.2) is 0 Å². The summed E-state index contributed by atoms with van der Waals surface area (Å²) in [6.07, 6.45) is 3.56. The number of rotatable bonds is 6. The summed E-state index contributed by atoms with van der Waals surface area (Å²) in [5.74, 6) is 0.891. The van der Waals surface area contributed by atoms with Crippen molar-refractivity contribution in [1.29, 1.82) is 0 Å². The second-order valence-corrected chi connectivity index (χ2v) is 6.48. The summed E-state index contributed by atoms with van der Waals surface area (Å²) >= 11 is 0. The van der Waals surface area contributed by atoms with Crippen molar-refractivity contribution in [3.05, 3.63) is 24.2 Å². The molecule has 0 spiro atoms. The Morgan fingerprint density at radius 1 is 1.47 bits per heavy atom. The summed E-state index contributed by atoms with van der Waals surface area (Å²) in [5.41, 5.74) is 6.15. The van der Waals surface area contributed by atoms with E-state index in [1.54, 1.807) is 6.26 Å². The summed E-state index contributed by atoms with van der Waals surface area (Å²) in [4.78, 5) is 11.9. The van der Waals surface area contributed by atoms with Crippen LogP contribution in [-0.4, -0.2) is 18.0 Å². The van der Waals surface area contributed by atoms with Crippen LogP contribution in [0.15, 0.2) is 22.8 Å². The van der Waals surface area contributed by atoms with Crippen LogP contribution in [0.3, 0.4) is 0 Å². The molecule has 1 rings (SSSR count). The molecule has 2 unspecified atom stereocenters. The molecule has 1 heterocycles. The molecule has 4 heteroatoms. The standard InChI is InChI=1S/C15H26N2O2/c1-11(8-13-6-5-7-19-13)17-14(18)9-12(16)10-15(2,3)4/h5-7,11-12H,8-10,16H2,1-4H3,(H,17,18). The van der Waals surface area contributed by atoms with Gasteiger partial charge in [-0.3, -0.25) is 4.79 Å². The Morgan fingerprint density at radius 3 is 2.68 bits per heavy atom. The zero-order valence-corrected chi connectivity index (χ0v) is 12.4. The normalized spacial score (nSPS) is 15.0. The van der Waals surface area contributed by atoms with Crippen LogP contribution in [0.25, 0.3) is 0 Å². The Bertz CT molecular complexity index is 379. The van der Waals surface area contributed by atoms with Gasteiger partial charge in [0.15, 0.2) is 0 Å². The minimum Gasteiger partial charge on any atom is -0.469 e. The van der Waals surface area contributed by atoms with Gasteiger partial charge in [0.1, 0.15) is 5.76 Å². The highest BCUT2D eigenvalue weighted by atomic mass is 16.3. The van der Waals surface area contributed by atoms with Crippen LogP contribution >= 0.6 is 0 Å². The molecular formula is C15H26N2O2. The third-order valence-electron chi connectivity index (χ3n) is 2.82. The summed E-state index contributed by atoms with van der Waals surface area (Å²) in [5, 5.41) is 2.96. The molecule has 0 aliphatic carbocycles. The van der Waals surface area contributed by atoms with E-state index in [0.29, 0.717) is 12.8 Å². The van der Waals surface area contributed by atoms with E-state index in [4.69, 9.17) is 10.2 Å². The number of amides is 1. The van der Waals surface area contributed by atoms with E-state index in [0.717, 1.165) is 12.2 Å². The van der Waals surface area contributed by atoms with Crippen LogP contribution in [0.2, 0.25) is 0 Å². The first-order valence-corrected chi connectivity index (χ1v) is 6.83. The largest absolute Gasteiger partial charge is 0.469 e. The molecule has 1 amide bonds. The van der Waals surface area contributed by atoms with Gasteiger partial charge in [-0.15, -0.1) is 0 Å². The first-order valence-electron chi connectivity index (χ1n) is 6.83. The molecule has 3 N–H and O–H groups in total. The van der Waals surface area contributed by atoms with Crippen LogP contribution < -0.4 is 11.1 Å². The highest BCUT2D eigenvalue weighted by molar-refractivity contribution is 5.76. The lowest BCUT2D eigenvalue weighted by molar-refractivity contribution is -0.122. The van der Waals surface area contributed by atoms with Gasteiger partial charge < -0.3 is 15.5 Å². The van der Waals surface area contributed by atoms with Gasteiger partial charge in [0.25, 0.3) is 0 Å². The summed E-state index contributed by atoms with van der Waals surface area (Å²) < 4.78 is 5.26. The molecule has 19 heavy (non-hydrogen) atoms. The fourth-order valence-corrected chi connectivity index (χ4v) is 2.21. The highest BCUT2D eigenvalue weighted by Crippen LogP contribution is 2.20. The summed E-state index contributed by atoms with van der Waals surface area (Å²) in [6.45, 7) is 8.36. The average molecular weight is 266 g/mol. The van der Waals surface area contributed by atoms with Crippen molar-refractivity contribution in [3.8, 4) is 0 Å². The third-order valence-corrected chi connectivity index (χ3v) is 2.82. The van der Waals surface area contributed by atoms with Gasteiger partial charge in [-0.05, 0) is 30.9 Å². The molecule has 0 aliphatic heterocycles. The molecule has 0 radical (unpaired) electrons. The van der Waals surface area contributed by atoms with Gasteiger partial charge in [0.05, 0.1) is 6.26 Å². The zero-order valence-electron chi connectivity index (χ0n) is 12.4. The number of nitrogens with two attached hydrogens (primary N) is 1. The van der Waals surface area contributed by atoms with Crippen molar-refractivity contribution < 1.29 is 9.21 Å². The van der Waals surface area contributed by atoms with Crippen molar-refractivity contribution in [3.63, 3.8) is 0 Å². The lowest BCUT2D eigenvalue weighted by Gasteiger charge is -2.23. The Kier molecular flexibility index (Phi) is 5.60. The smallest absolute Gasteiger partial charge is 0.221 e. The molecule has 108 valence electrons. The van der Waals surface area contributed by atoms with Gasteiger partial charge in [0.2, 0.25) is 5.91 Å². The second-order valence-electron chi connectivity index (χ2n) is 6.48. The first-order chi connectivity index (χ1) is 8.76. The quantitative estimate of drug-likeness (QED) is 0.831. The van der Waals surface area contributed by atoms with E-state index >= 15 is 0 Å². The average Bonchev–Trinajstić information content (AvgIpc) is 2.65. The van der Waals surface area contributed by atoms with E-state index in [9.17, 15) is 4.79 Å². The molecule has 0 fully saturated rings. The Hall–Kier alpha value is -1.29. The fourth-order valence-electron chi connectivity index (χ4n) is 2.21. The molecule has 0 aliphatic rings. The Balaban J connectivity index is 2.30. The van der Waals surface area contributed by atoms with E-state index in [2.05, 4.69) is 26.1 Å². The van der Waals surface area contributed by atoms with Crippen LogP contribution in [0.5, 0.6) is 0 Å². The first kappa shape index (κ1) is 15.8. The molecule has 1 aromatic heterocycles. The van der Waals surface area contributed by atoms with Crippen molar-refractivity contribution in [2.75, 3.05) is 0 Å². The fraction of sp³-hybridized carbons (Fsp3) is 0.667. The number of hydrogen-bond donors (Lipinski definition) is 2. The number of hydrogen-bond acceptors (Lipinski definition) is 3. The van der Waals surface area contributed by atoms with Crippen molar-refractivity contribution in [2.24, 2.45) is 11.1 Å². The van der Waals surface area contributed by atoms with Gasteiger partial charge in [-0.2, -0.15) is 0 Å². The van der Waals surface area contributed by atoms with Crippen LogP contribution in [-0.2, 0) is 11.2 Å². The minimum absolute atomic E-state index is 0.0100. The maximum absolute atomic E-state index is 11.9. The number of carbonyl (C=O) groups excluding carboxylic acids is 1. The monoisotopic (exact) mass is 266 g/mol. The molecule has 0 bridgehead atoms.